The average Bonchev–Trinajstić information content (AvgIpc) is 2.17. The standard InChI is InChI=1S/C12H18N2S/c1-9-4-3-5-11(13)12(9)14-6-7-15-10(2)8-14/h3-5,10H,6-8,13H2,1-2H3. The van der Waals surface area contributed by atoms with Crippen LogP contribution in [0.2, 0.25) is 0 Å². The molecule has 1 heterocycles. The van der Waals surface area contributed by atoms with Crippen LogP contribution in [0.25, 0.3) is 0 Å². The van der Waals surface area contributed by atoms with Gasteiger partial charge in [-0.25, -0.2) is 0 Å². The number of thioether (sulfide) groups is 1. The van der Waals surface area contributed by atoms with E-state index in [1.54, 1.807) is 0 Å². The van der Waals surface area contributed by atoms with E-state index in [-0.39, 0.29) is 0 Å². The summed E-state index contributed by atoms with van der Waals surface area (Å²) in [5.74, 6) is 1.20. The summed E-state index contributed by atoms with van der Waals surface area (Å²) in [6.07, 6.45) is 0. The predicted octanol–water partition coefficient (Wildman–Crippen LogP) is 2.52. The van der Waals surface area contributed by atoms with E-state index in [4.69, 9.17) is 5.73 Å². The number of para-hydroxylation sites is 1. The van der Waals surface area contributed by atoms with Gasteiger partial charge in [-0.3, -0.25) is 0 Å². The number of nitrogens with zero attached hydrogens (tertiary/aromatic N) is 1. The van der Waals surface area contributed by atoms with Gasteiger partial charge < -0.3 is 10.6 Å². The van der Waals surface area contributed by atoms with Gasteiger partial charge in [0.15, 0.2) is 0 Å². The van der Waals surface area contributed by atoms with E-state index in [0.29, 0.717) is 5.25 Å². The summed E-state index contributed by atoms with van der Waals surface area (Å²) in [5.41, 5.74) is 9.49. The van der Waals surface area contributed by atoms with Crippen molar-refractivity contribution in [2.75, 3.05) is 29.5 Å². The zero-order valence-electron chi connectivity index (χ0n) is 9.36. The number of nitrogens with two attached hydrogens (primary N) is 1. The molecular formula is C12H18N2S. The third-order valence-electron chi connectivity index (χ3n) is 2.83. The lowest BCUT2D eigenvalue weighted by atomic mass is 10.1. The van der Waals surface area contributed by atoms with E-state index in [9.17, 15) is 0 Å². The van der Waals surface area contributed by atoms with Crippen molar-refractivity contribution >= 4 is 23.1 Å². The normalized spacial score (nSPS) is 21.7. The van der Waals surface area contributed by atoms with Gasteiger partial charge in [0, 0.05) is 24.1 Å². The second kappa shape index (κ2) is 4.35. The smallest absolute Gasteiger partial charge is 0.0630 e. The lowest BCUT2D eigenvalue weighted by Crippen LogP contribution is -2.37. The van der Waals surface area contributed by atoms with Gasteiger partial charge in [0.2, 0.25) is 0 Å². The maximum absolute atomic E-state index is 6.05. The molecule has 0 amide bonds. The van der Waals surface area contributed by atoms with Crippen LogP contribution >= 0.6 is 11.8 Å². The van der Waals surface area contributed by atoms with Gasteiger partial charge in [-0.15, -0.1) is 0 Å². The van der Waals surface area contributed by atoms with Crippen molar-refractivity contribution in [1.29, 1.82) is 0 Å². The molecule has 15 heavy (non-hydrogen) atoms. The van der Waals surface area contributed by atoms with Crippen LogP contribution in [-0.2, 0) is 0 Å². The molecule has 1 aromatic rings. The molecule has 1 unspecified atom stereocenters. The monoisotopic (exact) mass is 222 g/mol. The zero-order valence-corrected chi connectivity index (χ0v) is 10.2. The van der Waals surface area contributed by atoms with Crippen LogP contribution in [0.3, 0.4) is 0 Å². The Balaban J connectivity index is 2.28. The molecule has 2 rings (SSSR count). The SMILES string of the molecule is Cc1cccc(N)c1N1CCSC(C)C1. The molecule has 0 bridgehead atoms. The lowest BCUT2D eigenvalue weighted by Gasteiger charge is -2.34. The average molecular weight is 222 g/mol. The maximum atomic E-state index is 6.05. The van der Waals surface area contributed by atoms with Gasteiger partial charge in [-0.1, -0.05) is 19.1 Å². The molecule has 1 atom stereocenters. The van der Waals surface area contributed by atoms with Gasteiger partial charge in [-0.2, -0.15) is 11.8 Å². The fraction of sp³-hybridized carbons (Fsp3) is 0.500. The first-order chi connectivity index (χ1) is 7.18. The number of hydrogen-bond donors (Lipinski definition) is 1. The number of benzene rings is 1. The third-order valence-corrected chi connectivity index (χ3v) is 3.96. The number of anilines is 2. The zero-order chi connectivity index (χ0) is 10.8. The maximum Gasteiger partial charge on any atom is 0.0630 e. The molecule has 2 nitrogen and oxygen atoms in total. The number of aryl methyl sites for hydroxylation is 1. The number of rotatable bonds is 1. The highest BCUT2D eigenvalue weighted by Crippen LogP contribution is 2.31. The van der Waals surface area contributed by atoms with Crippen molar-refractivity contribution in [2.24, 2.45) is 0 Å². The van der Waals surface area contributed by atoms with Gasteiger partial charge in [-0.05, 0) is 18.6 Å². The van der Waals surface area contributed by atoms with Gasteiger partial charge in [0.05, 0.1) is 11.4 Å². The first kappa shape index (κ1) is 10.7. The Labute approximate surface area is 95.8 Å². The van der Waals surface area contributed by atoms with E-state index in [2.05, 4.69) is 24.8 Å². The van der Waals surface area contributed by atoms with E-state index >= 15 is 0 Å². The van der Waals surface area contributed by atoms with Crippen molar-refractivity contribution < 1.29 is 0 Å². The van der Waals surface area contributed by atoms with E-state index in [0.717, 1.165) is 18.8 Å². The van der Waals surface area contributed by atoms with E-state index in [1.807, 2.05) is 23.9 Å². The molecule has 3 heteroatoms. The first-order valence-electron chi connectivity index (χ1n) is 5.40. The molecule has 1 fully saturated rings. The molecule has 1 aliphatic rings. The summed E-state index contributed by atoms with van der Waals surface area (Å²) in [7, 11) is 0. The topological polar surface area (TPSA) is 29.3 Å². The fourth-order valence-corrected chi connectivity index (χ4v) is 3.15. The summed E-state index contributed by atoms with van der Waals surface area (Å²) in [4.78, 5) is 2.42. The Morgan fingerprint density at radius 2 is 2.27 bits per heavy atom. The van der Waals surface area contributed by atoms with Crippen LogP contribution in [-0.4, -0.2) is 24.1 Å². The predicted molar refractivity (Wildman–Crippen MR) is 69.7 cm³/mol. The van der Waals surface area contributed by atoms with Crippen LogP contribution in [0, 0.1) is 6.92 Å². The second-order valence-electron chi connectivity index (χ2n) is 4.14. The fourth-order valence-electron chi connectivity index (χ4n) is 2.14. The number of hydrogen-bond acceptors (Lipinski definition) is 3. The third kappa shape index (κ3) is 2.23. The minimum absolute atomic E-state index is 0.706. The molecule has 0 saturated carbocycles. The van der Waals surface area contributed by atoms with Crippen molar-refractivity contribution in [3.8, 4) is 0 Å². The van der Waals surface area contributed by atoms with Crippen molar-refractivity contribution in [3.63, 3.8) is 0 Å². The Morgan fingerprint density at radius 3 is 2.93 bits per heavy atom. The highest BCUT2D eigenvalue weighted by molar-refractivity contribution is 8.00. The van der Waals surface area contributed by atoms with Crippen LogP contribution in [0.1, 0.15) is 12.5 Å². The van der Waals surface area contributed by atoms with Crippen molar-refractivity contribution in [1.82, 2.24) is 0 Å². The Morgan fingerprint density at radius 1 is 1.47 bits per heavy atom. The first-order valence-corrected chi connectivity index (χ1v) is 6.45. The summed E-state index contributed by atoms with van der Waals surface area (Å²) in [6.45, 7) is 6.65. The van der Waals surface area contributed by atoms with Crippen molar-refractivity contribution in [3.05, 3.63) is 23.8 Å². The molecule has 82 valence electrons. The highest BCUT2D eigenvalue weighted by Gasteiger charge is 2.19. The summed E-state index contributed by atoms with van der Waals surface area (Å²) in [6, 6.07) is 6.16. The molecule has 0 spiro atoms. The summed E-state index contributed by atoms with van der Waals surface area (Å²) >= 11 is 2.05. The second-order valence-corrected chi connectivity index (χ2v) is 5.69. The van der Waals surface area contributed by atoms with Gasteiger partial charge in [0.25, 0.3) is 0 Å². The minimum Gasteiger partial charge on any atom is -0.397 e. The van der Waals surface area contributed by atoms with Crippen LogP contribution in [0.4, 0.5) is 11.4 Å². The molecule has 2 N–H and O–H groups in total. The quantitative estimate of drug-likeness (QED) is 0.740. The van der Waals surface area contributed by atoms with Crippen molar-refractivity contribution in [2.45, 2.75) is 19.1 Å². The minimum atomic E-state index is 0.706. The Kier molecular flexibility index (Phi) is 3.10. The Bertz CT molecular complexity index is 331. The molecule has 0 radical (unpaired) electrons. The molecular weight excluding hydrogens is 204 g/mol. The molecule has 0 aliphatic carbocycles. The van der Waals surface area contributed by atoms with Crippen LogP contribution in [0.15, 0.2) is 18.2 Å². The Hall–Kier alpha value is -0.830. The molecule has 0 aromatic heterocycles. The lowest BCUT2D eigenvalue weighted by molar-refractivity contribution is 0.781. The molecule has 1 aromatic carbocycles. The van der Waals surface area contributed by atoms with Crippen LogP contribution < -0.4 is 10.6 Å². The van der Waals surface area contributed by atoms with E-state index < -0.39 is 0 Å². The molecule has 1 saturated heterocycles. The summed E-state index contributed by atoms with van der Waals surface area (Å²) < 4.78 is 0. The van der Waals surface area contributed by atoms with E-state index in [1.165, 1.54) is 17.0 Å². The summed E-state index contributed by atoms with van der Waals surface area (Å²) in [5, 5.41) is 0.706. The van der Waals surface area contributed by atoms with Gasteiger partial charge in [0.1, 0.15) is 0 Å². The largest absolute Gasteiger partial charge is 0.397 e. The van der Waals surface area contributed by atoms with Crippen LogP contribution in [0.5, 0.6) is 0 Å². The number of nitrogen functional groups attached to an aromatic ring is 1. The molecule has 1 aliphatic heterocycles. The highest BCUT2D eigenvalue weighted by atomic mass is 32.2. The van der Waals surface area contributed by atoms with Gasteiger partial charge >= 0.3 is 0 Å².